The van der Waals surface area contributed by atoms with Crippen molar-refractivity contribution < 1.29 is 23.1 Å². The molecule has 4 rings (SSSR count). The molecule has 1 aliphatic heterocycles. The molecule has 0 unspecified atom stereocenters. The van der Waals surface area contributed by atoms with Crippen molar-refractivity contribution in [3.63, 3.8) is 0 Å². The normalized spacial score (nSPS) is 13.4. The molecular formula is C24H26FN3O4. The molecule has 168 valence electrons. The lowest BCUT2D eigenvalue weighted by Crippen LogP contribution is -2.32. The summed E-state index contributed by atoms with van der Waals surface area (Å²) in [6, 6.07) is 12.4. The quantitative estimate of drug-likeness (QED) is 0.537. The van der Waals surface area contributed by atoms with Gasteiger partial charge in [0.2, 0.25) is 12.7 Å². The second kappa shape index (κ2) is 9.82. The summed E-state index contributed by atoms with van der Waals surface area (Å²) in [6.07, 6.45) is 2.18. The number of carbonyl (C=O) groups excluding carboxylic acids is 1. The number of nitrogens with zero attached hydrogens (tertiary/aromatic N) is 2. The molecule has 0 saturated heterocycles. The molecule has 2 heterocycles. The van der Waals surface area contributed by atoms with Crippen LogP contribution in [0.4, 0.5) is 4.39 Å². The van der Waals surface area contributed by atoms with Crippen LogP contribution in [0, 0.1) is 5.82 Å². The van der Waals surface area contributed by atoms with E-state index in [4.69, 9.17) is 13.9 Å². The second-order valence-electron chi connectivity index (χ2n) is 7.83. The van der Waals surface area contributed by atoms with Crippen molar-refractivity contribution in [3.8, 4) is 11.5 Å². The predicted octanol–water partition coefficient (Wildman–Crippen LogP) is 4.27. The Morgan fingerprint density at radius 1 is 1.16 bits per heavy atom. The largest absolute Gasteiger partial charge is 0.454 e. The number of aromatic nitrogens is 1. The van der Waals surface area contributed by atoms with Crippen LogP contribution in [-0.2, 0) is 19.6 Å². The number of carbonyl (C=O) groups is 1. The average Bonchev–Trinajstić information content (AvgIpc) is 3.44. The van der Waals surface area contributed by atoms with Gasteiger partial charge in [-0.15, -0.1) is 0 Å². The summed E-state index contributed by atoms with van der Waals surface area (Å²) in [5, 5.41) is 2.87. The average molecular weight is 439 g/mol. The first-order valence-corrected chi connectivity index (χ1v) is 10.6. The maximum atomic E-state index is 14.3. The number of hydrogen-bond donors (Lipinski definition) is 1. The molecule has 1 aromatic heterocycles. The lowest BCUT2D eigenvalue weighted by atomic mass is 10.1. The van der Waals surface area contributed by atoms with E-state index in [9.17, 15) is 9.18 Å². The summed E-state index contributed by atoms with van der Waals surface area (Å²) >= 11 is 0. The Hall–Kier alpha value is -3.39. The molecule has 0 radical (unpaired) electrons. The summed E-state index contributed by atoms with van der Waals surface area (Å²) in [5.41, 5.74) is 1.77. The van der Waals surface area contributed by atoms with Gasteiger partial charge >= 0.3 is 0 Å². The Kier molecular flexibility index (Phi) is 6.70. The zero-order valence-corrected chi connectivity index (χ0v) is 18.1. The molecule has 0 bridgehead atoms. The molecule has 0 aliphatic carbocycles. The summed E-state index contributed by atoms with van der Waals surface area (Å²) < 4.78 is 30.7. The molecule has 0 spiro atoms. The second-order valence-corrected chi connectivity index (χ2v) is 7.83. The molecule has 1 aliphatic rings. The lowest BCUT2D eigenvalue weighted by Gasteiger charge is -2.21. The molecule has 0 fully saturated rings. The number of benzene rings is 2. The van der Waals surface area contributed by atoms with E-state index >= 15 is 0 Å². The Labute approximate surface area is 186 Å². The van der Waals surface area contributed by atoms with Gasteiger partial charge < -0.3 is 19.2 Å². The fraction of sp³-hybridized carbons (Fsp3) is 0.333. The van der Waals surface area contributed by atoms with Gasteiger partial charge in [0.25, 0.3) is 5.91 Å². The minimum absolute atomic E-state index is 0.0474. The molecule has 7 nitrogen and oxygen atoms in total. The SMILES string of the molecule is CC[C@H](C)NC(=O)c1coc(CN(Cc2ccc3c(c2)OCO3)Cc2ccccc2F)n1. The Morgan fingerprint density at radius 3 is 2.78 bits per heavy atom. The van der Waals surface area contributed by atoms with Crippen LogP contribution in [0.3, 0.4) is 0 Å². The highest BCUT2D eigenvalue weighted by molar-refractivity contribution is 5.92. The maximum Gasteiger partial charge on any atom is 0.273 e. The first-order chi connectivity index (χ1) is 15.5. The summed E-state index contributed by atoms with van der Waals surface area (Å²) in [6.45, 7) is 5.28. The topological polar surface area (TPSA) is 76.8 Å². The fourth-order valence-corrected chi connectivity index (χ4v) is 3.41. The van der Waals surface area contributed by atoms with E-state index in [0.717, 1.165) is 12.0 Å². The van der Waals surface area contributed by atoms with Crippen LogP contribution in [0.25, 0.3) is 0 Å². The van der Waals surface area contributed by atoms with Crippen molar-refractivity contribution in [2.75, 3.05) is 6.79 Å². The highest BCUT2D eigenvalue weighted by atomic mass is 19.1. The standard InChI is InChI=1S/C24H26FN3O4/c1-3-16(2)26-24(29)20-14-30-23(27-20)13-28(12-18-6-4-5-7-19(18)25)11-17-8-9-21-22(10-17)32-15-31-21/h4-10,14,16H,3,11-13,15H2,1-2H3,(H,26,29)/t16-/m0/s1. The van der Waals surface area contributed by atoms with E-state index in [2.05, 4.69) is 10.3 Å². The maximum absolute atomic E-state index is 14.3. The van der Waals surface area contributed by atoms with Crippen molar-refractivity contribution in [2.45, 2.75) is 45.9 Å². The van der Waals surface area contributed by atoms with E-state index in [0.29, 0.717) is 42.6 Å². The van der Waals surface area contributed by atoms with Crippen LogP contribution in [0.2, 0.25) is 0 Å². The first-order valence-electron chi connectivity index (χ1n) is 10.6. The van der Waals surface area contributed by atoms with Gasteiger partial charge in [0.15, 0.2) is 17.2 Å². The number of amides is 1. The molecular weight excluding hydrogens is 413 g/mol. The molecule has 1 N–H and O–H groups in total. The van der Waals surface area contributed by atoms with Crippen LogP contribution in [-0.4, -0.2) is 28.6 Å². The highest BCUT2D eigenvalue weighted by Gasteiger charge is 2.19. The number of hydrogen-bond acceptors (Lipinski definition) is 6. The zero-order valence-electron chi connectivity index (χ0n) is 18.1. The van der Waals surface area contributed by atoms with Crippen LogP contribution >= 0.6 is 0 Å². The molecule has 1 amide bonds. The summed E-state index contributed by atoms with van der Waals surface area (Å²) in [5.74, 6) is 1.24. The van der Waals surface area contributed by atoms with E-state index in [1.807, 2.05) is 36.9 Å². The molecule has 32 heavy (non-hydrogen) atoms. The van der Waals surface area contributed by atoms with Gasteiger partial charge in [0, 0.05) is 24.7 Å². The molecule has 0 saturated carbocycles. The Balaban J connectivity index is 1.51. The minimum Gasteiger partial charge on any atom is -0.454 e. The molecule has 3 aromatic rings. The lowest BCUT2D eigenvalue weighted by molar-refractivity contribution is 0.0934. The van der Waals surface area contributed by atoms with Crippen LogP contribution in [0.15, 0.2) is 53.1 Å². The third kappa shape index (κ3) is 5.26. The van der Waals surface area contributed by atoms with Crippen LogP contribution < -0.4 is 14.8 Å². The predicted molar refractivity (Wildman–Crippen MR) is 116 cm³/mol. The van der Waals surface area contributed by atoms with Crippen LogP contribution in [0.5, 0.6) is 11.5 Å². The summed E-state index contributed by atoms with van der Waals surface area (Å²) in [7, 11) is 0. The van der Waals surface area contributed by atoms with E-state index in [1.165, 1.54) is 12.3 Å². The Morgan fingerprint density at radius 2 is 1.97 bits per heavy atom. The first kappa shape index (κ1) is 21.8. The number of nitrogens with one attached hydrogen (secondary N) is 1. The van der Waals surface area contributed by atoms with Gasteiger partial charge in [0.05, 0.1) is 6.54 Å². The van der Waals surface area contributed by atoms with Gasteiger partial charge in [-0.25, -0.2) is 9.37 Å². The van der Waals surface area contributed by atoms with Gasteiger partial charge in [-0.3, -0.25) is 9.69 Å². The number of ether oxygens (including phenoxy) is 2. The Bertz CT molecular complexity index is 1080. The molecule has 2 aromatic carbocycles. The van der Waals surface area contributed by atoms with Crippen molar-refractivity contribution in [1.82, 2.24) is 15.2 Å². The van der Waals surface area contributed by atoms with Crippen molar-refractivity contribution in [3.05, 3.63) is 77.3 Å². The summed E-state index contributed by atoms with van der Waals surface area (Å²) in [4.78, 5) is 18.7. The third-order valence-corrected chi connectivity index (χ3v) is 5.33. The highest BCUT2D eigenvalue weighted by Crippen LogP contribution is 2.33. The number of rotatable bonds is 9. The smallest absolute Gasteiger partial charge is 0.273 e. The fourth-order valence-electron chi connectivity index (χ4n) is 3.41. The molecule has 8 heteroatoms. The van der Waals surface area contributed by atoms with E-state index in [1.54, 1.807) is 18.2 Å². The van der Waals surface area contributed by atoms with Crippen LogP contribution in [0.1, 0.15) is 47.8 Å². The monoisotopic (exact) mass is 439 g/mol. The third-order valence-electron chi connectivity index (χ3n) is 5.33. The van der Waals surface area contributed by atoms with Gasteiger partial charge in [-0.1, -0.05) is 31.2 Å². The minimum atomic E-state index is -0.274. The van der Waals surface area contributed by atoms with Gasteiger partial charge in [-0.2, -0.15) is 0 Å². The van der Waals surface area contributed by atoms with Crippen molar-refractivity contribution >= 4 is 5.91 Å². The van der Waals surface area contributed by atoms with Crippen molar-refractivity contribution in [2.24, 2.45) is 0 Å². The van der Waals surface area contributed by atoms with Gasteiger partial charge in [0.1, 0.15) is 12.1 Å². The van der Waals surface area contributed by atoms with E-state index in [-0.39, 0.29) is 30.3 Å². The van der Waals surface area contributed by atoms with Crippen molar-refractivity contribution in [1.29, 1.82) is 0 Å². The number of fused-ring (bicyclic) bond motifs is 1. The zero-order chi connectivity index (χ0) is 22.5. The number of halogens is 1. The number of oxazole rings is 1. The van der Waals surface area contributed by atoms with E-state index < -0.39 is 0 Å². The molecule has 1 atom stereocenters. The van der Waals surface area contributed by atoms with Gasteiger partial charge in [-0.05, 0) is 37.1 Å².